The Bertz CT molecular complexity index is 1380. The van der Waals surface area contributed by atoms with Crippen molar-refractivity contribution in [2.45, 2.75) is 11.7 Å². The van der Waals surface area contributed by atoms with E-state index in [2.05, 4.69) is 25.8 Å². The Hall–Kier alpha value is -2.34. The lowest BCUT2D eigenvalue weighted by molar-refractivity contribution is -0.113. The summed E-state index contributed by atoms with van der Waals surface area (Å²) in [5, 5.41) is 17.9. The van der Waals surface area contributed by atoms with Gasteiger partial charge in [0.25, 0.3) is 5.91 Å². The van der Waals surface area contributed by atoms with Crippen LogP contribution in [0.5, 0.6) is 0 Å². The van der Waals surface area contributed by atoms with Crippen LogP contribution in [-0.4, -0.2) is 37.3 Å². The molecule has 0 saturated carbocycles. The summed E-state index contributed by atoms with van der Waals surface area (Å²) in [7, 11) is 0. The van der Waals surface area contributed by atoms with E-state index in [4.69, 9.17) is 46.4 Å². The molecule has 2 heterocycles. The second-order valence-corrected chi connectivity index (χ2v) is 10.3. The molecule has 0 atom stereocenters. The van der Waals surface area contributed by atoms with Crippen LogP contribution in [0.3, 0.4) is 0 Å². The van der Waals surface area contributed by atoms with Crippen molar-refractivity contribution in [3.8, 4) is 5.69 Å². The van der Waals surface area contributed by atoms with Gasteiger partial charge in [0, 0.05) is 16.6 Å². The third-order valence-corrected chi connectivity index (χ3v) is 7.37. The van der Waals surface area contributed by atoms with Crippen LogP contribution >= 0.6 is 69.5 Å². The van der Waals surface area contributed by atoms with Gasteiger partial charge in [-0.25, -0.2) is 4.98 Å². The molecule has 8 nitrogen and oxygen atoms in total. The molecule has 0 fully saturated rings. The minimum Gasteiger partial charge on any atom is -0.345 e. The first-order valence-corrected chi connectivity index (χ1v) is 13.1. The SMILES string of the molecule is O=C(CSc1nnc(CNC(=O)c2cc(Cl)ccc2Cl)n1-c1ccc(Cl)c(Cl)c1)Nc1nccs1. The largest absolute Gasteiger partial charge is 0.345 e. The van der Waals surface area contributed by atoms with Gasteiger partial charge in [-0.1, -0.05) is 58.2 Å². The van der Waals surface area contributed by atoms with Crippen LogP contribution in [-0.2, 0) is 11.3 Å². The van der Waals surface area contributed by atoms with Gasteiger partial charge in [0.05, 0.1) is 38.6 Å². The van der Waals surface area contributed by atoms with Crippen molar-refractivity contribution in [1.82, 2.24) is 25.1 Å². The molecule has 2 N–H and O–H groups in total. The molecular weight excluding hydrogens is 574 g/mol. The summed E-state index contributed by atoms with van der Waals surface area (Å²) in [6.45, 7) is 0.0147. The maximum Gasteiger partial charge on any atom is 0.253 e. The molecule has 4 aromatic rings. The highest BCUT2D eigenvalue weighted by Gasteiger charge is 2.19. The molecule has 0 saturated heterocycles. The van der Waals surface area contributed by atoms with Crippen LogP contribution in [0.15, 0.2) is 53.1 Å². The van der Waals surface area contributed by atoms with Crippen LogP contribution in [0, 0.1) is 0 Å². The summed E-state index contributed by atoms with van der Waals surface area (Å²) in [4.78, 5) is 29.1. The number of benzene rings is 2. The molecule has 180 valence electrons. The van der Waals surface area contributed by atoms with Gasteiger partial charge in [-0.05, 0) is 36.4 Å². The van der Waals surface area contributed by atoms with Crippen LogP contribution in [0.1, 0.15) is 16.2 Å². The van der Waals surface area contributed by atoms with Crippen molar-refractivity contribution in [3.63, 3.8) is 0 Å². The van der Waals surface area contributed by atoms with Crippen LogP contribution in [0.25, 0.3) is 5.69 Å². The number of nitrogens with one attached hydrogen (secondary N) is 2. The first kappa shape index (κ1) is 25.7. The number of halogens is 4. The van der Waals surface area contributed by atoms with E-state index in [1.807, 2.05) is 0 Å². The normalized spacial score (nSPS) is 10.9. The molecule has 2 amide bonds. The second kappa shape index (κ2) is 11.6. The molecule has 14 heteroatoms. The van der Waals surface area contributed by atoms with Gasteiger partial charge in [-0.2, -0.15) is 0 Å². The highest BCUT2D eigenvalue weighted by Crippen LogP contribution is 2.28. The molecule has 0 bridgehead atoms. The number of aromatic nitrogens is 4. The van der Waals surface area contributed by atoms with Crippen LogP contribution < -0.4 is 10.6 Å². The topological polar surface area (TPSA) is 102 Å². The van der Waals surface area contributed by atoms with Gasteiger partial charge in [0.1, 0.15) is 0 Å². The third kappa shape index (κ3) is 6.46. The number of thiazole rings is 1. The average Bonchev–Trinajstić information content (AvgIpc) is 3.49. The number of carbonyl (C=O) groups excluding carboxylic acids is 2. The molecule has 35 heavy (non-hydrogen) atoms. The molecule has 0 spiro atoms. The van der Waals surface area contributed by atoms with E-state index in [9.17, 15) is 9.59 Å². The van der Waals surface area contributed by atoms with Gasteiger partial charge in [-0.3, -0.25) is 14.2 Å². The zero-order chi connectivity index (χ0) is 24.9. The number of rotatable bonds is 8. The maximum atomic E-state index is 12.7. The number of thioether (sulfide) groups is 1. The highest BCUT2D eigenvalue weighted by atomic mass is 35.5. The first-order chi connectivity index (χ1) is 16.8. The zero-order valence-corrected chi connectivity index (χ0v) is 22.1. The standard InChI is InChI=1S/C21H14Cl4N6O2S2/c22-11-1-3-14(23)13(7-11)19(33)27-9-17-29-30-21(31(17)12-2-4-15(24)16(25)8-12)35-10-18(32)28-20-26-5-6-34-20/h1-8H,9-10H2,(H,27,33)(H,26,28,32). The van der Waals surface area contributed by atoms with E-state index in [-0.39, 0.29) is 28.8 Å². The van der Waals surface area contributed by atoms with Crippen molar-refractivity contribution in [2.75, 3.05) is 11.1 Å². The summed E-state index contributed by atoms with van der Waals surface area (Å²) in [6, 6.07) is 9.63. The fourth-order valence-electron chi connectivity index (χ4n) is 2.89. The smallest absolute Gasteiger partial charge is 0.253 e. The Labute approximate surface area is 228 Å². The van der Waals surface area contributed by atoms with Crippen molar-refractivity contribution in [1.29, 1.82) is 0 Å². The monoisotopic (exact) mass is 586 g/mol. The predicted molar refractivity (Wildman–Crippen MR) is 140 cm³/mol. The molecule has 2 aromatic carbocycles. The lowest BCUT2D eigenvalue weighted by atomic mass is 10.2. The number of nitrogens with zero attached hydrogens (tertiary/aromatic N) is 4. The number of hydrogen-bond acceptors (Lipinski definition) is 7. The molecule has 0 unspecified atom stereocenters. The van der Waals surface area contributed by atoms with Crippen molar-refractivity contribution in [2.24, 2.45) is 0 Å². The van der Waals surface area contributed by atoms with E-state index in [1.54, 1.807) is 46.5 Å². The van der Waals surface area contributed by atoms with Gasteiger partial charge in [0.2, 0.25) is 5.91 Å². The van der Waals surface area contributed by atoms with Crippen molar-refractivity contribution in [3.05, 3.63) is 79.5 Å². The van der Waals surface area contributed by atoms with Gasteiger partial charge in [0.15, 0.2) is 16.1 Å². The third-order valence-electron chi connectivity index (χ3n) is 4.45. The molecule has 0 aliphatic rings. The molecule has 0 aliphatic heterocycles. The fraction of sp³-hybridized carbons (Fsp3) is 0.0952. The molecule has 2 aromatic heterocycles. The zero-order valence-electron chi connectivity index (χ0n) is 17.5. The minimum atomic E-state index is -0.432. The van der Waals surface area contributed by atoms with E-state index in [0.29, 0.717) is 36.9 Å². The lowest BCUT2D eigenvalue weighted by Crippen LogP contribution is -2.25. The van der Waals surface area contributed by atoms with E-state index in [1.165, 1.54) is 17.4 Å². The average molecular weight is 588 g/mol. The summed E-state index contributed by atoms with van der Waals surface area (Å²) in [5.74, 6) is -0.223. The van der Waals surface area contributed by atoms with Gasteiger partial charge < -0.3 is 10.6 Å². The summed E-state index contributed by atoms with van der Waals surface area (Å²) in [6.07, 6.45) is 1.60. The molecular formula is C21H14Cl4N6O2S2. The summed E-state index contributed by atoms with van der Waals surface area (Å²) >= 11 is 26.9. The Balaban J connectivity index is 1.56. The molecule has 4 rings (SSSR count). The van der Waals surface area contributed by atoms with Crippen LogP contribution in [0.4, 0.5) is 5.13 Å². The van der Waals surface area contributed by atoms with Crippen LogP contribution in [0.2, 0.25) is 20.1 Å². The summed E-state index contributed by atoms with van der Waals surface area (Å²) in [5.41, 5.74) is 0.838. The predicted octanol–water partition coefficient (Wildman–Crippen LogP) is 6.00. The Kier molecular flexibility index (Phi) is 8.53. The molecule has 0 radical (unpaired) electrons. The number of carbonyl (C=O) groups is 2. The van der Waals surface area contributed by atoms with Gasteiger partial charge >= 0.3 is 0 Å². The summed E-state index contributed by atoms with van der Waals surface area (Å²) < 4.78 is 1.68. The number of anilines is 1. The lowest BCUT2D eigenvalue weighted by Gasteiger charge is -2.12. The Morgan fingerprint density at radius 3 is 2.54 bits per heavy atom. The Morgan fingerprint density at radius 1 is 1.00 bits per heavy atom. The highest BCUT2D eigenvalue weighted by molar-refractivity contribution is 7.99. The van der Waals surface area contributed by atoms with E-state index in [0.717, 1.165) is 11.8 Å². The van der Waals surface area contributed by atoms with Crippen molar-refractivity contribution >= 4 is 86.4 Å². The quantitative estimate of drug-likeness (QED) is 0.245. The van der Waals surface area contributed by atoms with E-state index < -0.39 is 5.91 Å². The van der Waals surface area contributed by atoms with Crippen molar-refractivity contribution < 1.29 is 9.59 Å². The fourth-order valence-corrected chi connectivity index (χ4v) is 4.87. The maximum absolute atomic E-state index is 12.7. The minimum absolute atomic E-state index is 0.0147. The Morgan fingerprint density at radius 2 is 1.80 bits per heavy atom. The van der Waals surface area contributed by atoms with E-state index >= 15 is 0 Å². The second-order valence-electron chi connectivity index (χ2n) is 6.81. The number of amides is 2. The first-order valence-electron chi connectivity index (χ1n) is 9.77. The molecule has 0 aliphatic carbocycles. The number of hydrogen-bond donors (Lipinski definition) is 2. The van der Waals surface area contributed by atoms with Gasteiger partial charge in [-0.15, -0.1) is 21.5 Å².